The van der Waals surface area contributed by atoms with Gasteiger partial charge in [0.25, 0.3) is 10.2 Å². The van der Waals surface area contributed by atoms with Crippen LogP contribution in [0.25, 0.3) is 11.0 Å². The van der Waals surface area contributed by atoms with Crippen LogP contribution in [0.5, 0.6) is 0 Å². The van der Waals surface area contributed by atoms with Crippen LogP contribution < -0.4 is 10.0 Å². The largest absolute Gasteiger partial charge is 0.383 e. The van der Waals surface area contributed by atoms with Crippen molar-refractivity contribution in [3.05, 3.63) is 17.5 Å². The first-order valence-corrected chi connectivity index (χ1v) is 10.6. The number of methoxy groups -OCH3 is 1. The summed E-state index contributed by atoms with van der Waals surface area (Å²) in [6.07, 6.45) is 4.97. The van der Waals surface area contributed by atoms with E-state index < -0.39 is 10.2 Å². The number of nitrogens with two attached hydrogens (primary N) is 1. The highest BCUT2D eigenvalue weighted by molar-refractivity contribution is 7.86. The number of hydrogen-bond acceptors (Lipinski definition) is 6. The van der Waals surface area contributed by atoms with Gasteiger partial charge in [-0.25, -0.2) is 15.1 Å². The highest BCUT2D eigenvalue weighted by Crippen LogP contribution is 2.52. The van der Waals surface area contributed by atoms with Crippen molar-refractivity contribution in [2.75, 3.05) is 38.3 Å². The maximum absolute atomic E-state index is 11.9. The van der Waals surface area contributed by atoms with E-state index in [0.29, 0.717) is 11.6 Å². The molecule has 3 heterocycles. The third kappa shape index (κ3) is 3.19. The summed E-state index contributed by atoms with van der Waals surface area (Å²) in [5, 5.41) is 6.87. The van der Waals surface area contributed by atoms with E-state index in [1.807, 2.05) is 17.8 Å². The molecular formula is C16H23ClN6O3S. The molecule has 0 radical (unpaired) electrons. The Morgan fingerprint density at radius 3 is 2.74 bits per heavy atom. The molecule has 0 amide bonds. The molecule has 11 heteroatoms. The minimum absolute atomic E-state index is 0.0666. The zero-order chi connectivity index (χ0) is 19.4. The van der Waals surface area contributed by atoms with Crippen LogP contribution in [-0.2, 0) is 22.0 Å². The minimum Gasteiger partial charge on any atom is -0.383 e. The van der Waals surface area contributed by atoms with E-state index >= 15 is 0 Å². The average molecular weight is 415 g/mol. The molecule has 4 rings (SSSR count). The van der Waals surface area contributed by atoms with E-state index in [2.05, 4.69) is 14.9 Å². The summed E-state index contributed by atoms with van der Waals surface area (Å²) in [6.45, 7) is 2.26. The molecule has 2 N–H and O–H groups in total. The van der Waals surface area contributed by atoms with E-state index in [4.69, 9.17) is 21.5 Å². The smallest absolute Gasteiger partial charge is 0.277 e. The molecule has 0 unspecified atom stereocenters. The fourth-order valence-electron chi connectivity index (χ4n) is 4.40. The highest BCUT2D eigenvalue weighted by Gasteiger charge is 2.55. The maximum Gasteiger partial charge on any atom is 0.277 e. The van der Waals surface area contributed by atoms with E-state index in [-0.39, 0.29) is 18.0 Å². The Hall–Kier alpha value is -1.46. The summed E-state index contributed by atoms with van der Waals surface area (Å²) in [7, 11) is -0.280. The number of halogens is 1. The van der Waals surface area contributed by atoms with Gasteiger partial charge in [0.2, 0.25) is 0 Å². The zero-order valence-corrected chi connectivity index (χ0v) is 16.9. The Kier molecular flexibility index (Phi) is 4.59. The topological polar surface area (TPSA) is 107 Å². The first-order chi connectivity index (χ1) is 12.7. The summed E-state index contributed by atoms with van der Waals surface area (Å²) < 4.78 is 32.0. The standard InChI is InChI=1S/C16H23ClN6O3S/c1-21-7-12(17)13-14(21)19-10-20-15(13)22-8-16(9-22)5-11(6-16)23(3-4-26-2)27(18,24)25/h7,10-11H,3-6,8-9H2,1-2H3,(H2,18,24,25). The van der Waals surface area contributed by atoms with Crippen LogP contribution >= 0.6 is 11.6 Å². The summed E-state index contributed by atoms with van der Waals surface area (Å²) >= 11 is 6.36. The van der Waals surface area contributed by atoms with Crippen LogP contribution in [-0.4, -0.2) is 66.7 Å². The Balaban J connectivity index is 1.45. The van der Waals surface area contributed by atoms with Gasteiger partial charge in [-0.2, -0.15) is 12.7 Å². The van der Waals surface area contributed by atoms with Crippen LogP contribution in [0.3, 0.4) is 0 Å². The quantitative estimate of drug-likeness (QED) is 0.747. The molecule has 0 bridgehead atoms. The minimum atomic E-state index is -3.73. The molecule has 148 valence electrons. The number of aryl methyl sites for hydroxylation is 1. The molecule has 1 spiro atoms. The second-order valence-corrected chi connectivity index (χ2v) is 9.46. The fraction of sp³-hybridized carbons (Fsp3) is 0.625. The second kappa shape index (κ2) is 6.56. The van der Waals surface area contributed by atoms with E-state index in [0.717, 1.165) is 42.8 Å². The van der Waals surface area contributed by atoms with E-state index in [1.54, 1.807) is 13.4 Å². The number of nitrogens with zero attached hydrogens (tertiary/aromatic N) is 5. The SMILES string of the molecule is COCCN(C1CC2(C1)CN(c1ncnc3c1c(Cl)cn3C)C2)S(N)(=O)=O. The van der Waals surface area contributed by atoms with Gasteiger partial charge in [0.05, 0.1) is 17.0 Å². The molecule has 2 fully saturated rings. The lowest BCUT2D eigenvalue weighted by molar-refractivity contribution is 0.00724. The maximum atomic E-state index is 11.9. The number of anilines is 1. The van der Waals surface area contributed by atoms with Gasteiger partial charge >= 0.3 is 0 Å². The van der Waals surface area contributed by atoms with Crippen LogP contribution in [0.1, 0.15) is 12.8 Å². The number of rotatable bonds is 6. The first kappa shape index (κ1) is 18.9. The molecule has 2 aromatic heterocycles. The number of ether oxygens (including phenoxy) is 1. The number of fused-ring (bicyclic) bond motifs is 1. The third-order valence-electron chi connectivity index (χ3n) is 5.63. The predicted octanol–water partition coefficient (Wildman–Crippen LogP) is 0.742. The molecular weight excluding hydrogens is 392 g/mol. The van der Waals surface area contributed by atoms with Gasteiger partial charge in [-0.05, 0) is 12.8 Å². The number of aromatic nitrogens is 3. The molecule has 1 aliphatic carbocycles. The monoisotopic (exact) mass is 414 g/mol. The van der Waals surface area contributed by atoms with Gasteiger partial charge in [0, 0.05) is 51.4 Å². The summed E-state index contributed by atoms with van der Waals surface area (Å²) in [6, 6.07) is -0.0666. The Morgan fingerprint density at radius 1 is 1.41 bits per heavy atom. The van der Waals surface area contributed by atoms with Gasteiger partial charge < -0.3 is 14.2 Å². The van der Waals surface area contributed by atoms with Crippen molar-refractivity contribution in [2.24, 2.45) is 17.6 Å². The lowest BCUT2D eigenvalue weighted by atomic mass is 9.60. The number of hydrogen-bond donors (Lipinski definition) is 1. The molecule has 9 nitrogen and oxygen atoms in total. The molecule has 1 aliphatic heterocycles. The summed E-state index contributed by atoms with van der Waals surface area (Å²) in [4.78, 5) is 10.9. The average Bonchev–Trinajstić information content (AvgIpc) is 2.81. The van der Waals surface area contributed by atoms with E-state index in [1.165, 1.54) is 4.31 Å². The van der Waals surface area contributed by atoms with Crippen molar-refractivity contribution < 1.29 is 13.2 Å². The van der Waals surface area contributed by atoms with Crippen LogP contribution in [0.15, 0.2) is 12.5 Å². The second-order valence-electron chi connectivity index (χ2n) is 7.55. The Bertz CT molecular complexity index is 964. The molecule has 1 saturated carbocycles. The zero-order valence-electron chi connectivity index (χ0n) is 15.3. The van der Waals surface area contributed by atoms with Crippen molar-refractivity contribution >= 4 is 38.7 Å². The van der Waals surface area contributed by atoms with Gasteiger partial charge in [0.1, 0.15) is 17.8 Å². The lowest BCUT2D eigenvalue weighted by Gasteiger charge is -2.60. The molecule has 2 aromatic rings. The Labute approximate surface area is 163 Å². The third-order valence-corrected chi connectivity index (χ3v) is 7.05. The molecule has 2 aliphatic rings. The summed E-state index contributed by atoms with van der Waals surface area (Å²) in [5.41, 5.74) is 0.913. The van der Waals surface area contributed by atoms with E-state index in [9.17, 15) is 8.42 Å². The lowest BCUT2D eigenvalue weighted by Crippen LogP contribution is -2.68. The van der Waals surface area contributed by atoms with Crippen LogP contribution in [0, 0.1) is 5.41 Å². The van der Waals surface area contributed by atoms with Gasteiger partial charge in [-0.15, -0.1) is 0 Å². The normalized spacial score (nSPS) is 19.7. The van der Waals surface area contributed by atoms with Crippen molar-refractivity contribution in [1.82, 2.24) is 18.8 Å². The van der Waals surface area contributed by atoms with Crippen LogP contribution in [0.2, 0.25) is 5.02 Å². The predicted molar refractivity (Wildman–Crippen MR) is 103 cm³/mol. The first-order valence-electron chi connectivity index (χ1n) is 8.73. The fourth-order valence-corrected chi connectivity index (χ4v) is 5.61. The molecule has 0 atom stereocenters. The van der Waals surface area contributed by atoms with Crippen molar-refractivity contribution in [1.29, 1.82) is 0 Å². The Morgan fingerprint density at radius 2 is 2.11 bits per heavy atom. The van der Waals surface area contributed by atoms with Crippen molar-refractivity contribution in [3.8, 4) is 0 Å². The summed E-state index contributed by atoms with van der Waals surface area (Å²) in [5.74, 6) is 0.836. The molecule has 27 heavy (non-hydrogen) atoms. The molecule has 1 saturated heterocycles. The molecule has 0 aromatic carbocycles. The van der Waals surface area contributed by atoms with Gasteiger partial charge in [0.15, 0.2) is 0 Å². The van der Waals surface area contributed by atoms with Crippen molar-refractivity contribution in [3.63, 3.8) is 0 Å². The van der Waals surface area contributed by atoms with Crippen molar-refractivity contribution in [2.45, 2.75) is 18.9 Å². The van der Waals surface area contributed by atoms with Gasteiger partial charge in [-0.1, -0.05) is 11.6 Å². The highest BCUT2D eigenvalue weighted by atomic mass is 35.5. The van der Waals surface area contributed by atoms with Crippen LogP contribution in [0.4, 0.5) is 5.82 Å². The van der Waals surface area contributed by atoms with Gasteiger partial charge in [-0.3, -0.25) is 0 Å².